The van der Waals surface area contributed by atoms with Gasteiger partial charge in [0.05, 0.1) is 12.0 Å². The maximum atomic E-state index is 12.7. The highest BCUT2D eigenvalue weighted by atomic mass is 16.4. The number of nitrogens with one attached hydrogen (secondary N) is 1. The Balaban J connectivity index is 2.98. The van der Waals surface area contributed by atoms with Gasteiger partial charge in [0.2, 0.25) is 5.91 Å². The number of hydrogen-bond donors (Lipinski definition) is 3. The Morgan fingerprint density at radius 3 is 2.41 bits per heavy atom. The van der Waals surface area contributed by atoms with Crippen molar-refractivity contribution in [2.24, 2.45) is 11.7 Å². The fourth-order valence-electron chi connectivity index (χ4n) is 2.79. The maximum Gasteiger partial charge on any atom is 0.320 e. The normalized spacial score (nSPS) is 24.5. The summed E-state index contributed by atoms with van der Waals surface area (Å²) in [6.07, 6.45) is 0. The van der Waals surface area contributed by atoms with Crippen LogP contribution in [0.1, 0.15) is 27.7 Å². The number of amides is 3. The van der Waals surface area contributed by atoms with Gasteiger partial charge in [-0.2, -0.15) is 0 Å². The first-order valence-electron chi connectivity index (χ1n) is 7.50. The van der Waals surface area contributed by atoms with Gasteiger partial charge in [-0.25, -0.2) is 4.79 Å². The van der Waals surface area contributed by atoms with Gasteiger partial charge in [0.15, 0.2) is 0 Å². The molecule has 8 heteroatoms. The van der Waals surface area contributed by atoms with Crippen molar-refractivity contribution in [1.29, 1.82) is 0 Å². The van der Waals surface area contributed by atoms with Crippen LogP contribution in [0.3, 0.4) is 0 Å². The first-order valence-corrected chi connectivity index (χ1v) is 7.50. The van der Waals surface area contributed by atoms with Crippen molar-refractivity contribution in [2.75, 3.05) is 19.6 Å². The van der Waals surface area contributed by atoms with Crippen LogP contribution >= 0.6 is 0 Å². The summed E-state index contributed by atoms with van der Waals surface area (Å²) in [5.74, 6) is -2.09. The number of nitrogens with two attached hydrogens (primary N) is 1. The summed E-state index contributed by atoms with van der Waals surface area (Å²) >= 11 is 0. The molecule has 4 N–H and O–H groups in total. The van der Waals surface area contributed by atoms with Crippen LogP contribution in [-0.4, -0.2) is 70.6 Å². The molecule has 8 nitrogen and oxygen atoms in total. The van der Waals surface area contributed by atoms with Gasteiger partial charge in [-0.15, -0.1) is 0 Å². The van der Waals surface area contributed by atoms with Crippen molar-refractivity contribution < 1.29 is 19.5 Å². The monoisotopic (exact) mass is 314 g/mol. The lowest BCUT2D eigenvalue weighted by atomic mass is 10.00. The first-order chi connectivity index (χ1) is 10.2. The Morgan fingerprint density at radius 2 is 2.00 bits per heavy atom. The van der Waals surface area contributed by atoms with Crippen molar-refractivity contribution in [1.82, 2.24) is 15.1 Å². The zero-order valence-corrected chi connectivity index (χ0v) is 13.6. The summed E-state index contributed by atoms with van der Waals surface area (Å²) in [4.78, 5) is 38.2. The minimum atomic E-state index is -1.02. The molecular weight excluding hydrogens is 288 g/mol. The first kappa shape index (κ1) is 18.2. The Kier molecular flexibility index (Phi) is 6.16. The minimum Gasteiger partial charge on any atom is -0.481 e. The van der Waals surface area contributed by atoms with E-state index in [1.54, 1.807) is 4.90 Å². The lowest BCUT2D eigenvalue weighted by molar-refractivity contribution is -0.141. The molecule has 0 radical (unpaired) electrons. The predicted octanol–water partition coefficient (Wildman–Crippen LogP) is -0.315. The minimum absolute atomic E-state index is 0.000908. The number of hydrogen-bond acceptors (Lipinski definition) is 4. The lowest BCUT2D eigenvalue weighted by Gasteiger charge is -2.34. The van der Waals surface area contributed by atoms with E-state index < -0.39 is 24.0 Å². The third kappa shape index (κ3) is 3.88. The zero-order valence-electron chi connectivity index (χ0n) is 13.6. The molecule has 0 aromatic rings. The number of rotatable bonds is 5. The quantitative estimate of drug-likeness (QED) is 0.643. The van der Waals surface area contributed by atoms with E-state index in [-0.39, 0.29) is 31.1 Å². The van der Waals surface area contributed by atoms with E-state index in [0.717, 1.165) is 0 Å². The van der Waals surface area contributed by atoms with Crippen LogP contribution in [0.25, 0.3) is 0 Å². The molecule has 22 heavy (non-hydrogen) atoms. The SMILES string of the molecule is CCN(C(=O)N1C[C@H](C(=O)O)[C@H](N)[C@H]1CNC(C)=O)C(C)C. The lowest BCUT2D eigenvalue weighted by Crippen LogP contribution is -2.54. The number of urea groups is 1. The molecule has 0 spiro atoms. The summed E-state index contributed by atoms with van der Waals surface area (Å²) in [7, 11) is 0. The second kappa shape index (κ2) is 7.44. The van der Waals surface area contributed by atoms with E-state index in [1.807, 2.05) is 20.8 Å². The largest absolute Gasteiger partial charge is 0.481 e. The van der Waals surface area contributed by atoms with Gasteiger partial charge in [0, 0.05) is 38.6 Å². The highest BCUT2D eigenvalue weighted by Gasteiger charge is 2.46. The van der Waals surface area contributed by atoms with Crippen molar-refractivity contribution in [3.05, 3.63) is 0 Å². The van der Waals surface area contributed by atoms with Crippen LogP contribution < -0.4 is 11.1 Å². The van der Waals surface area contributed by atoms with Gasteiger partial charge in [-0.1, -0.05) is 0 Å². The summed E-state index contributed by atoms with van der Waals surface area (Å²) in [6.45, 7) is 7.76. The highest BCUT2D eigenvalue weighted by molar-refractivity contribution is 5.79. The van der Waals surface area contributed by atoms with Gasteiger partial charge in [0.25, 0.3) is 0 Å². The van der Waals surface area contributed by atoms with E-state index in [0.29, 0.717) is 6.54 Å². The summed E-state index contributed by atoms with van der Waals surface area (Å²) in [5, 5.41) is 11.9. The average molecular weight is 314 g/mol. The molecule has 0 aromatic heterocycles. The molecule has 1 saturated heterocycles. The van der Waals surface area contributed by atoms with E-state index in [9.17, 15) is 19.5 Å². The van der Waals surface area contributed by atoms with Gasteiger partial charge >= 0.3 is 12.0 Å². The number of aliphatic carboxylic acids is 1. The molecule has 126 valence electrons. The molecule has 1 fully saturated rings. The number of carboxylic acids is 1. The number of carbonyl (C=O) groups is 3. The van der Waals surface area contributed by atoms with Crippen LogP contribution in [0.2, 0.25) is 0 Å². The second-order valence-corrected chi connectivity index (χ2v) is 5.84. The fourth-order valence-corrected chi connectivity index (χ4v) is 2.79. The van der Waals surface area contributed by atoms with E-state index in [2.05, 4.69) is 5.32 Å². The van der Waals surface area contributed by atoms with Crippen LogP contribution in [0.5, 0.6) is 0 Å². The molecule has 1 aliphatic heterocycles. The van der Waals surface area contributed by atoms with E-state index in [1.165, 1.54) is 11.8 Å². The van der Waals surface area contributed by atoms with E-state index in [4.69, 9.17) is 5.73 Å². The summed E-state index contributed by atoms with van der Waals surface area (Å²) in [5.41, 5.74) is 6.01. The number of carbonyl (C=O) groups excluding carboxylic acids is 2. The molecule has 0 bridgehead atoms. The third-order valence-electron chi connectivity index (χ3n) is 4.04. The van der Waals surface area contributed by atoms with E-state index >= 15 is 0 Å². The van der Waals surface area contributed by atoms with Crippen LogP contribution in [0, 0.1) is 5.92 Å². The van der Waals surface area contributed by atoms with Gasteiger partial charge in [-0.3, -0.25) is 9.59 Å². The Morgan fingerprint density at radius 1 is 1.41 bits per heavy atom. The standard InChI is InChI=1S/C14H26N4O4/c1-5-17(8(2)3)14(22)18-7-10(13(20)21)12(15)11(18)6-16-9(4)19/h8,10-12H,5-7,15H2,1-4H3,(H,16,19)(H,20,21)/t10-,11+,12-/m0/s1. The molecule has 0 aliphatic carbocycles. The van der Waals surface area contributed by atoms with Crippen molar-refractivity contribution in [2.45, 2.75) is 45.8 Å². The molecule has 0 saturated carbocycles. The third-order valence-corrected chi connectivity index (χ3v) is 4.04. The molecule has 1 heterocycles. The summed E-state index contributed by atoms with van der Waals surface area (Å²) < 4.78 is 0. The van der Waals surface area contributed by atoms with Crippen molar-refractivity contribution in [3.63, 3.8) is 0 Å². The Bertz CT molecular complexity index is 441. The molecule has 3 atom stereocenters. The zero-order chi connectivity index (χ0) is 17.0. The van der Waals surface area contributed by atoms with Crippen molar-refractivity contribution >= 4 is 17.9 Å². The van der Waals surface area contributed by atoms with Gasteiger partial charge < -0.3 is 26.0 Å². The number of nitrogens with zero attached hydrogens (tertiary/aromatic N) is 2. The smallest absolute Gasteiger partial charge is 0.320 e. The molecule has 1 rings (SSSR count). The predicted molar refractivity (Wildman–Crippen MR) is 81.2 cm³/mol. The molecule has 0 unspecified atom stereocenters. The number of carboxylic acid groups (broad SMARTS) is 1. The highest BCUT2D eigenvalue weighted by Crippen LogP contribution is 2.24. The second-order valence-electron chi connectivity index (χ2n) is 5.84. The average Bonchev–Trinajstić information content (AvgIpc) is 2.73. The fraction of sp³-hybridized carbons (Fsp3) is 0.786. The number of likely N-dealkylation sites (tertiary alicyclic amines) is 1. The van der Waals surface area contributed by atoms with Crippen LogP contribution in [-0.2, 0) is 9.59 Å². The van der Waals surface area contributed by atoms with Crippen LogP contribution in [0.4, 0.5) is 4.79 Å². The molecular formula is C14H26N4O4. The Labute approximate surface area is 130 Å². The molecule has 0 aromatic carbocycles. The van der Waals surface area contributed by atoms with Gasteiger partial charge in [0.1, 0.15) is 0 Å². The molecule has 3 amide bonds. The van der Waals surface area contributed by atoms with Crippen LogP contribution in [0.15, 0.2) is 0 Å². The van der Waals surface area contributed by atoms with Gasteiger partial charge in [-0.05, 0) is 20.8 Å². The Hall–Kier alpha value is -1.83. The summed E-state index contributed by atoms with van der Waals surface area (Å²) in [6, 6.07) is -1.48. The topological polar surface area (TPSA) is 116 Å². The van der Waals surface area contributed by atoms with Crippen molar-refractivity contribution in [3.8, 4) is 0 Å². The maximum absolute atomic E-state index is 12.7. The molecule has 1 aliphatic rings.